The van der Waals surface area contributed by atoms with Crippen molar-refractivity contribution in [2.24, 2.45) is 0 Å². The van der Waals surface area contributed by atoms with Crippen molar-refractivity contribution >= 4 is 23.0 Å². The summed E-state index contributed by atoms with van der Waals surface area (Å²) in [7, 11) is 3.21. The molecular weight excluding hydrogens is 344 g/mol. The topological polar surface area (TPSA) is 55.1 Å². The lowest BCUT2D eigenvalue weighted by molar-refractivity contribution is 0.402. The molecule has 1 aromatic heterocycles. The smallest absolute Gasteiger partial charge is 0.134 e. The Bertz CT molecular complexity index is 982. The molecule has 0 unspecified atom stereocenters. The summed E-state index contributed by atoms with van der Waals surface area (Å²) in [6.07, 6.45) is 1.78. The number of thiazole rings is 1. The summed E-state index contributed by atoms with van der Waals surface area (Å²) in [5, 5.41) is 12.3. The molecule has 0 bridgehead atoms. The number of hydrogen-bond donors (Lipinski definition) is 0. The minimum Gasteiger partial charge on any atom is -0.497 e. The van der Waals surface area contributed by atoms with Gasteiger partial charge in [-0.05, 0) is 31.2 Å². The van der Waals surface area contributed by atoms with Crippen LogP contribution >= 0.6 is 11.3 Å². The van der Waals surface area contributed by atoms with Gasteiger partial charge in [-0.1, -0.05) is 29.8 Å². The zero-order chi connectivity index (χ0) is 18.5. The van der Waals surface area contributed by atoms with E-state index in [1.165, 1.54) is 16.9 Å². The van der Waals surface area contributed by atoms with E-state index in [9.17, 15) is 5.26 Å². The zero-order valence-corrected chi connectivity index (χ0v) is 15.6. The molecule has 3 aromatic rings. The number of rotatable bonds is 5. The fraction of sp³-hybridized carbons (Fsp3) is 0.143. The number of ether oxygens (including phenoxy) is 2. The molecule has 2 aromatic carbocycles. The van der Waals surface area contributed by atoms with Gasteiger partial charge in [-0.25, -0.2) is 4.98 Å². The molecule has 0 spiro atoms. The van der Waals surface area contributed by atoms with Crippen molar-refractivity contribution in [3.63, 3.8) is 0 Å². The Kier molecular flexibility index (Phi) is 5.35. The second kappa shape index (κ2) is 7.85. The van der Waals surface area contributed by atoms with Crippen molar-refractivity contribution in [2.45, 2.75) is 6.92 Å². The lowest BCUT2D eigenvalue weighted by Crippen LogP contribution is -1.90. The Morgan fingerprint density at radius 2 is 1.88 bits per heavy atom. The predicted molar refractivity (Wildman–Crippen MR) is 105 cm³/mol. The number of nitriles is 1. The largest absolute Gasteiger partial charge is 0.497 e. The minimum atomic E-state index is 0.486. The van der Waals surface area contributed by atoms with E-state index in [2.05, 4.69) is 23.2 Å². The fourth-order valence-corrected chi connectivity index (χ4v) is 3.30. The SMILES string of the molecule is COc1ccc(OC)c(/C=C(/C#N)c2nc(-c3ccc(C)cc3)cs2)c1. The van der Waals surface area contributed by atoms with Crippen LogP contribution in [0, 0.1) is 18.3 Å². The second-order valence-corrected chi connectivity index (χ2v) is 6.54. The molecule has 0 saturated carbocycles. The van der Waals surface area contributed by atoms with Crippen LogP contribution in [0.2, 0.25) is 0 Å². The number of hydrogen-bond acceptors (Lipinski definition) is 5. The van der Waals surface area contributed by atoms with Crippen LogP contribution in [0.3, 0.4) is 0 Å². The maximum Gasteiger partial charge on any atom is 0.134 e. The average molecular weight is 362 g/mol. The van der Waals surface area contributed by atoms with Gasteiger partial charge in [0.15, 0.2) is 0 Å². The van der Waals surface area contributed by atoms with Crippen LogP contribution in [0.1, 0.15) is 16.1 Å². The maximum absolute atomic E-state index is 9.62. The highest BCUT2D eigenvalue weighted by atomic mass is 32.1. The first-order valence-electron chi connectivity index (χ1n) is 8.01. The summed E-state index contributed by atoms with van der Waals surface area (Å²) < 4.78 is 10.7. The highest BCUT2D eigenvalue weighted by Gasteiger charge is 2.11. The van der Waals surface area contributed by atoms with Crippen LogP contribution in [0.15, 0.2) is 47.8 Å². The zero-order valence-electron chi connectivity index (χ0n) is 14.8. The lowest BCUT2D eigenvalue weighted by Gasteiger charge is -2.07. The Hall–Kier alpha value is -3.10. The summed E-state index contributed by atoms with van der Waals surface area (Å²) in [5.41, 5.74) is 4.36. The highest BCUT2D eigenvalue weighted by Crippen LogP contribution is 2.31. The summed E-state index contributed by atoms with van der Waals surface area (Å²) in [6.45, 7) is 2.05. The molecule has 0 aliphatic heterocycles. The van der Waals surface area contributed by atoms with Gasteiger partial charge in [0.05, 0.1) is 25.5 Å². The van der Waals surface area contributed by atoms with Crippen LogP contribution in [-0.2, 0) is 0 Å². The van der Waals surface area contributed by atoms with Crippen molar-refractivity contribution in [3.05, 3.63) is 64.0 Å². The van der Waals surface area contributed by atoms with Crippen LogP contribution in [-0.4, -0.2) is 19.2 Å². The molecule has 0 aliphatic carbocycles. The molecule has 0 radical (unpaired) electrons. The monoisotopic (exact) mass is 362 g/mol. The molecule has 26 heavy (non-hydrogen) atoms. The Morgan fingerprint density at radius 1 is 1.12 bits per heavy atom. The first-order valence-corrected chi connectivity index (χ1v) is 8.89. The van der Waals surface area contributed by atoms with Gasteiger partial charge in [-0.2, -0.15) is 5.26 Å². The molecule has 0 fully saturated rings. The van der Waals surface area contributed by atoms with E-state index in [4.69, 9.17) is 9.47 Å². The van der Waals surface area contributed by atoms with Crippen molar-refractivity contribution in [1.29, 1.82) is 5.26 Å². The van der Waals surface area contributed by atoms with E-state index in [0.717, 1.165) is 16.8 Å². The third kappa shape index (κ3) is 3.76. The molecule has 0 amide bonds. The summed E-state index contributed by atoms with van der Waals surface area (Å²) in [4.78, 5) is 4.63. The molecule has 4 nitrogen and oxygen atoms in total. The fourth-order valence-electron chi connectivity index (χ4n) is 2.50. The quantitative estimate of drug-likeness (QED) is 0.585. The number of aromatic nitrogens is 1. The van der Waals surface area contributed by atoms with E-state index in [-0.39, 0.29) is 0 Å². The molecule has 3 rings (SSSR count). The number of aryl methyl sites for hydroxylation is 1. The van der Waals surface area contributed by atoms with Gasteiger partial charge in [-0.15, -0.1) is 11.3 Å². The minimum absolute atomic E-state index is 0.486. The molecule has 0 saturated heterocycles. The molecular formula is C21H18N2O2S. The van der Waals surface area contributed by atoms with E-state index in [1.54, 1.807) is 20.3 Å². The van der Waals surface area contributed by atoms with E-state index < -0.39 is 0 Å². The van der Waals surface area contributed by atoms with Crippen LogP contribution in [0.4, 0.5) is 0 Å². The third-order valence-electron chi connectivity index (χ3n) is 3.94. The van der Waals surface area contributed by atoms with E-state index in [0.29, 0.717) is 22.1 Å². The van der Waals surface area contributed by atoms with Crippen molar-refractivity contribution in [3.8, 4) is 28.8 Å². The van der Waals surface area contributed by atoms with Crippen LogP contribution in [0.5, 0.6) is 11.5 Å². The van der Waals surface area contributed by atoms with Gasteiger partial charge < -0.3 is 9.47 Å². The molecule has 0 atom stereocenters. The third-order valence-corrected chi connectivity index (χ3v) is 4.81. The summed E-state index contributed by atoms with van der Waals surface area (Å²) in [5.74, 6) is 1.38. The molecule has 1 heterocycles. The molecule has 5 heteroatoms. The maximum atomic E-state index is 9.62. The van der Waals surface area contributed by atoms with Gasteiger partial charge in [0.1, 0.15) is 22.6 Å². The van der Waals surface area contributed by atoms with Gasteiger partial charge in [0, 0.05) is 16.5 Å². The first-order chi connectivity index (χ1) is 12.6. The van der Waals surface area contributed by atoms with Crippen LogP contribution < -0.4 is 9.47 Å². The normalized spacial score (nSPS) is 11.1. The van der Waals surface area contributed by atoms with E-state index >= 15 is 0 Å². The first kappa shape index (κ1) is 17.7. The lowest BCUT2D eigenvalue weighted by atomic mass is 10.1. The Balaban J connectivity index is 1.99. The van der Waals surface area contributed by atoms with Gasteiger partial charge in [0.25, 0.3) is 0 Å². The molecule has 0 aliphatic rings. The number of nitrogens with zero attached hydrogens (tertiary/aromatic N) is 2. The van der Waals surface area contributed by atoms with Gasteiger partial charge in [0.2, 0.25) is 0 Å². The van der Waals surface area contributed by atoms with Crippen molar-refractivity contribution < 1.29 is 9.47 Å². The molecule has 130 valence electrons. The van der Waals surface area contributed by atoms with E-state index in [1.807, 2.05) is 42.6 Å². The molecule has 0 N–H and O–H groups in total. The Labute approximate surface area is 157 Å². The van der Waals surface area contributed by atoms with Gasteiger partial charge >= 0.3 is 0 Å². The second-order valence-electron chi connectivity index (χ2n) is 5.68. The summed E-state index contributed by atoms with van der Waals surface area (Å²) in [6, 6.07) is 15.9. The number of allylic oxidation sites excluding steroid dienone is 1. The van der Waals surface area contributed by atoms with Crippen molar-refractivity contribution in [1.82, 2.24) is 4.98 Å². The van der Waals surface area contributed by atoms with Crippen LogP contribution in [0.25, 0.3) is 22.9 Å². The summed E-state index contributed by atoms with van der Waals surface area (Å²) >= 11 is 1.45. The highest BCUT2D eigenvalue weighted by molar-refractivity contribution is 7.11. The number of benzene rings is 2. The average Bonchev–Trinajstić information content (AvgIpc) is 3.16. The van der Waals surface area contributed by atoms with Crippen molar-refractivity contribution in [2.75, 3.05) is 14.2 Å². The number of methoxy groups -OCH3 is 2. The predicted octanol–water partition coefficient (Wildman–Crippen LogP) is 5.20. The Morgan fingerprint density at radius 3 is 2.54 bits per heavy atom. The van der Waals surface area contributed by atoms with Gasteiger partial charge in [-0.3, -0.25) is 0 Å². The standard InChI is InChI=1S/C21H18N2O2S/c1-14-4-6-15(7-5-14)19-13-26-21(23-19)17(12-22)10-16-11-18(24-2)8-9-20(16)25-3/h4-11,13H,1-3H3/b17-10-.